The zero-order valence-electron chi connectivity index (χ0n) is 33.9. The number of rotatable bonds is 19. The second-order valence-corrected chi connectivity index (χ2v) is 15.9. The number of halogens is 2. The fourth-order valence-corrected chi connectivity index (χ4v) is 7.78. The molecule has 0 radical (unpaired) electrons. The topological polar surface area (TPSA) is 168 Å². The van der Waals surface area contributed by atoms with Crippen LogP contribution in [0.4, 0.5) is 14.5 Å². The monoisotopic (exact) mass is 834 g/mol. The number of amides is 3. The van der Waals surface area contributed by atoms with Crippen LogP contribution in [0.5, 0.6) is 0 Å². The van der Waals surface area contributed by atoms with Crippen LogP contribution in [0.1, 0.15) is 103 Å². The number of alkyl halides is 2. The normalized spacial score (nSPS) is 15.5. The first-order chi connectivity index (χ1) is 29.6. The molecule has 0 bridgehead atoms. The lowest BCUT2D eigenvalue weighted by Crippen LogP contribution is -2.44. The number of carbonyl (C=O) groups is 3. The molecule has 1 saturated heterocycles. The molecule has 2 N–H and O–H groups in total. The minimum atomic E-state index is -2.92. The molecular weight excluding hydrogens is 787 g/mol. The highest BCUT2D eigenvalue weighted by Crippen LogP contribution is 2.34. The van der Waals surface area contributed by atoms with E-state index in [1.807, 2.05) is 48.5 Å². The summed E-state index contributed by atoms with van der Waals surface area (Å²) in [6.45, 7) is 1.26. The SMILES string of the molecule is Cn1c(=O)n(C2CCC(=O)NC2=O)c2ccc(CCCOCCCCCc3ccc(-n4cc(NC(=O)c5coc(-c6ccnc(CCC7CC7)c6)n5)c(C(F)F)n4)cc3)cc21. The molecule has 5 heterocycles. The summed E-state index contributed by atoms with van der Waals surface area (Å²) in [5.41, 5.74) is 4.79. The smallest absolute Gasteiger partial charge is 0.329 e. The number of nitrogens with one attached hydrogen (secondary N) is 2. The van der Waals surface area contributed by atoms with Crippen molar-refractivity contribution in [2.75, 3.05) is 18.5 Å². The number of carbonyl (C=O) groups excluding carboxylic acids is 3. The van der Waals surface area contributed by atoms with E-state index in [1.165, 1.54) is 34.6 Å². The summed E-state index contributed by atoms with van der Waals surface area (Å²) in [6, 6.07) is 16.3. The Morgan fingerprint density at radius 2 is 1.72 bits per heavy atom. The van der Waals surface area contributed by atoms with Crippen molar-refractivity contribution in [1.82, 2.24) is 34.2 Å². The Labute approximate surface area is 350 Å². The largest absolute Gasteiger partial charge is 0.444 e. The first-order valence-electron chi connectivity index (χ1n) is 20.9. The number of unbranched alkanes of at least 4 members (excludes halogenated alkanes) is 2. The number of benzene rings is 2. The van der Waals surface area contributed by atoms with E-state index < -0.39 is 30.0 Å². The Bertz CT molecular complexity index is 2590. The van der Waals surface area contributed by atoms with E-state index >= 15 is 0 Å². The van der Waals surface area contributed by atoms with Crippen LogP contribution < -0.4 is 16.3 Å². The third-order valence-corrected chi connectivity index (χ3v) is 11.4. The van der Waals surface area contributed by atoms with Gasteiger partial charge in [0.2, 0.25) is 17.7 Å². The van der Waals surface area contributed by atoms with Gasteiger partial charge in [0, 0.05) is 44.1 Å². The first-order valence-corrected chi connectivity index (χ1v) is 20.9. The third-order valence-electron chi connectivity index (χ3n) is 11.4. The van der Waals surface area contributed by atoms with Crippen molar-refractivity contribution in [3.63, 3.8) is 0 Å². The molecule has 1 saturated carbocycles. The number of nitrogens with zero attached hydrogens (tertiary/aromatic N) is 6. The number of fused-ring (bicyclic) bond motifs is 1. The number of hydrogen-bond acceptors (Lipinski definition) is 9. The standard InChI is InChI=1S/C45H48F2N8O6/c1-53-38-24-30(13-17-36(38)55(45(53)59)37-18-19-39(56)51-43(37)58)7-5-23-60-22-4-2-3-6-28-11-15-33(16-12-28)54-26-34(40(52-54)41(46)47)49-42(57)35-27-61-44(50-35)31-20-21-48-32(25-31)14-10-29-8-9-29/h11-13,15-17,20-21,24-27,29,37,41H,2-10,14,18-19,22-23H2,1H3,(H,49,57)(H,51,56,58). The summed E-state index contributed by atoms with van der Waals surface area (Å²) in [5.74, 6) is -0.434. The highest BCUT2D eigenvalue weighted by atomic mass is 19.3. The molecule has 2 fully saturated rings. The lowest BCUT2D eigenvalue weighted by atomic mass is 10.1. The molecule has 61 heavy (non-hydrogen) atoms. The van der Waals surface area contributed by atoms with Crippen LogP contribution in [-0.4, -0.2) is 59.8 Å². The third kappa shape index (κ3) is 9.86. The van der Waals surface area contributed by atoms with E-state index in [0.29, 0.717) is 36.4 Å². The number of anilines is 1. The van der Waals surface area contributed by atoms with E-state index in [2.05, 4.69) is 25.7 Å². The molecule has 8 rings (SSSR count). The molecule has 2 aromatic carbocycles. The fourth-order valence-electron chi connectivity index (χ4n) is 7.78. The Kier molecular flexibility index (Phi) is 12.6. The average Bonchev–Trinajstić information content (AvgIpc) is 3.67. The van der Waals surface area contributed by atoms with Gasteiger partial charge in [0.1, 0.15) is 12.3 Å². The summed E-state index contributed by atoms with van der Waals surface area (Å²) >= 11 is 0. The quantitative estimate of drug-likeness (QED) is 0.0622. The molecule has 16 heteroatoms. The van der Waals surface area contributed by atoms with Crippen LogP contribution in [0.25, 0.3) is 28.2 Å². The molecule has 4 aromatic heterocycles. The Morgan fingerprint density at radius 3 is 2.51 bits per heavy atom. The van der Waals surface area contributed by atoms with Gasteiger partial charge in [-0.3, -0.25) is 33.8 Å². The highest BCUT2D eigenvalue weighted by molar-refractivity contribution is 6.03. The van der Waals surface area contributed by atoms with E-state index in [-0.39, 0.29) is 35.3 Å². The maximum Gasteiger partial charge on any atom is 0.329 e. The molecule has 1 aliphatic carbocycles. The van der Waals surface area contributed by atoms with E-state index in [0.717, 1.165) is 79.6 Å². The second-order valence-electron chi connectivity index (χ2n) is 15.9. The summed E-state index contributed by atoms with van der Waals surface area (Å²) in [5, 5.41) is 8.95. The van der Waals surface area contributed by atoms with Crippen molar-refractivity contribution in [2.45, 2.75) is 89.5 Å². The molecule has 0 spiro atoms. The number of aryl methyl sites for hydroxylation is 4. The average molecular weight is 835 g/mol. The molecule has 1 atom stereocenters. The van der Waals surface area contributed by atoms with Crippen molar-refractivity contribution < 1.29 is 32.3 Å². The number of imide groups is 1. The number of piperidine rings is 1. The van der Waals surface area contributed by atoms with Gasteiger partial charge in [-0.1, -0.05) is 37.5 Å². The van der Waals surface area contributed by atoms with Crippen molar-refractivity contribution in [1.29, 1.82) is 0 Å². The summed E-state index contributed by atoms with van der Waals surface area (Å²) < 4.78 is 43.9. The predicted octanol–water partition coefficient (Wildman–Crippen LogP) is 7.45. The van der Waals surface area contributed by atoms with Crippen LogP contribution >= 0.6 is 0 Å². The molecule has 1 unspecified atom stereocenters. The van der Waals surface area contributed by atoms with Crippen LogP contribution in [0.3, 0.4) is 0 Å². The number of ether oxygens (including phenoxy) is 1. The van der Waals surface area contributed by atoms with Gasteiger partial charge in [0.25, 0.3) is 12.3 Å². The fraction of sp³-hybridized carbons (Fsp3) is 0.400. The highest BCUT2D eigenvalue weighted by Gasteiger charge is 2.31. The molecule has 3 amide bonds. The molecule has 2 aliphatic rings. The Morgan fingerprint density at radius 1 is 0.934 bits per heavy atom. The number of hydrogen-bond donors (Lipinski definition) is 2. The van der Waals surface area contributed by atoms with Gasteiger partial charge in [0.05, 0.1) is 28.6 Å². The van der Waals surface area contributed by atoms with E-state index in [1.54, 1.807) is 23.9 Å². The van der Waals surface area contributed by atoms with E-state index in [9.17, 15) is 28.0 Å². The van der Waals surface area contributed by atoms with Gasteiger partial charge in [-0.2, -0.15) is 5.10 Å². The lowest BCUT2D eigenvalue weighted by molar-refractivity contribution is -0.135. The van der Waals surface area contributed by atoms with Gasteiger partial charge in [0.15, 0.2) is 11.4 Å². The van der Waals surface area contributed by atoms with Gasteiger partial charge < -0.3 is 14.5 Å². The van der Waals surface area contributed by atoms with Crippen molar-refractivity contribution in [3.8, 4) is 17.1 Å². The predicted molar refractivity (Wildman–Crippen MR) is 223 cm³/mol. The minimum Gasteiger partial charge on any atom is -0.444 e. The van der Waals surface area contributed by atoms with E-state index in [4.69, 9.17) is 9.15 Å². The summed E-state index contributed by atoms with van der Waals surface area (Å²) in [6.07, 6.45) is 11.6. The summed E-state index contributed by atoms with van der Waals surface area (Å²) in [7, 11) is 1.69. The maximum atomic E-state index is 14.0. The zero-order valence-corrected chi connectivity index (χ0v) is 33.9. The number of oxazole rings is 1. The molecule has 6 aromatic rings. The van der Waals surface area contributed by atoms with Gasteiger partial charge >= 0.3 is 5.69 Å². The lowest BCUT2D eigenvalue weighted by Gasteiger charge is -2.21. The minimum absolute atomic E-state index is 0.0429. The van der Waals surface area contributed by atoms with Crippen LogP contribution in [0, 0.1) is 5.92 Å². The van der Waals surface area contributed by atoms with Crippen LogP contribution in [0.2, 0.25) is 0 Å². The molecule has 318 valence electrons. The zero-order chi connectivity index (χ0) is 42.5. The maximum absolute atomic E-state index is 14.0. The van der Waals surface area contributed by atoms with Gasteiger partial charge in [-0.25, -0.2) is 23.2 Å². The second kappa shape index (κ2) is 18.5. The van der Waals surface area contributed by atoms with Crippen LogP contribution in [0.15, 0.2) is 82.5 Å². The van der Waals surface area contributed by atoms with Crippen molar-refractivity contribution >= 4 is 34.4 Å². The van der Waals surface area contributed by atoms with Crippen molar-refractivity contribution in [3.05, 3.63) is 112 Å². The number of imidazole rings is 1. The molecule has 14 nitrogen and oxygen atoms in total. The molecule has 1 aliphatic heterocycles. The first kappa shape index (κ1) is 41.4. The number of pyridine rings is 1. The summed E-state index contributed by atoms with van der Waals surface area (Å²) in [4.78, 5) is 58.9. The Hall–Kier alpha value is -6.29. The van der Waals surface area contributed by atoms with Crippen molar-refractivity contribution in [2.24, 2.45) is 13.0 Å². The number of aromatic nitrogens is 6. The van der Waals surface area contributed by atoms with Crippen LogP contribution in [-0.2, 0) is 40.6 Å². The van der Waals surface area contributed by atoms with Gasteiger partial charge in [-0.15, -0.1) is 0 Å². The molecular formula is C45H48F2N8O6. The Balaban J connectivity index is 0.760. The van der Waals surface area contributed by atoms with Gasteiger partial charge in [-0.05, 0) is 105 Å².